The van der Waals surface area contributed by atoms with Crippen LogP contribution in [0.25, 0.3) is 0 Å². The van der Waals surface area contributed by atoms with Gasteiger partial charge in [0.15, 0.2) is 5.96 Å². The molecule has 4 heteroatoms. The van der Waals surface area contributed by atoms with Crippen LogP contribution in [-0.4, -0.2) is 36.5 Å². The zero-order chi connectivity index (χ0) is 15.2. The van der Waals surface area contributed by atoms with E-state index in [0.29, 0.717) is 6.04 Å². The van der Waals surface area contributed by atoms with Gasteiger partial charge in [-0.3, -0.25) is 4.99 Å². The summed E-state index contributed by atoms with van der Waals surface area (Å²) < 4.78 is 5.41. The predicted octanol–water partition coefficient (Wildman–Crippen LogP) is 3.44. The van der Waals surface area contributed by atoms with E-state index in [-0.39, 0.29) is 0 Å². The summed E-state index contributed by atoms with van der Waals surface area (Å²) in [7, 11) is 0. The van der Waals surface area contributed by atoms with E-state index in [1.165, 1.54) is 38.5 Å². The van der Waals surface area contributed by atoms with Crippen molar-refractivity contribution in [1.82, 2.24) is 10.2 Å². The van der Waals surface area contributed by atoms with Gasteiger partial charge in [0.1, 0.15) is 5.76 Å². The molecule has 1 saturated carbocycles. The molecule has 0 amide bonds. The van der Waals surface area contributed by atoms with Crippen molar-refractivity contribution in [2.45, 2.75) is 57.9 Å². The van der Waals surface area contributed by atoms with Crippen LogP contribution in [0.2, 0.25) is 0 Å². The first kappa shape index (κ1) is 15.4. The summed E-state index contributed by atoms with van der Waals surface area (Å²) in [6.45, 7) is 5.44. The van der Waals surface area contributed by atoms with Crippen molar-refractivity contribution in [3.63, 3.8) is 0 Å². The average molecular weight is 303 g/mol. The Morgan fingerprint density at radius 2 is 2.05 bits per heavy atom. The lowest BCUT2D eigenvalue weighted by Crippen LogP contribution is -2.48. The minimum atomic E-state index is 0.627. The van der Waals surface area contributed by atoms with E-state index in [1.807, 2.05) is 12.1 Å². The maximum Gasteiger partial charge on any atom is 0.194 e. The smallest absolute Gasteiger partial charge is 0.194 e. The highest BCUT2D eigenvalue weighted by molar-refractivity contribution is 5.80. The van der Waals surface area contributed by atoms with Gasteiger partial charge in [-0.05, 0) is 43.7 Å². The highest BCUT2D eigenvalue weighted by Crippen LogP contribution is 2.20. The molecule has 22 heavy (non-hydrogen) atoms. The molecule has 1 N–H and O–H groups in total. The van der Waals surface area contributed by atoms with Gasteiger partial charge < -0.3 is 14.6 Å². The van der Waals surface area contributed by atoms with Crippen LogP contribution in [0.3, 0.4) is 0 Å². The number of aliphatic imine (C=N–C) groups is 1. The summed E-state index contributed by atoms with van der Waals surface area (Å²) in [5, 5.41) is 3.73. The summed E-state index contributed by atoms with van der Waals surface area (Å²) >= 11 is 0. The van der Waals surface area contributed by atoms with E-state index in [1.54, 1.807) is 6.26 Å². The lowest BCUT2D eigenvalue weighted by atomic mass is 9.99. The molecule has 2 aliphatic rings. The molecule has 2 fully saturated rings. The van der Waals surface area contributed by atoms with Crippen molar-refractivity contribution in [2.75, 3.05) is 19.6 Å². The van der Waals surface area contributed by atoms with Gasteiger partial charge in [-0.2, -0.15) is 0 Å². The molecule has 0 unspecified atom stereocenters. The van der Waals surface area contributed by atoms with Crippen molar-refractivity contribution >= 4 is 5.96 Å². The minimum Gasteiger partial charge on any atom is -0.469 e. The number of nitrogens with zero attached hydrogens (tertiary/aromatic N) is 2. The van der Waals surface area contributed by atoms with Gasteiger partial charge in [0.2, 0.25) is 0 Å². The van der Waals surface area contributed by atoms with Crippen molar-refractivity contribution < 1.29 is 4.42 Å². The number of piperidine rings is 1. The molecule has 2 heterocycles. The Kier molecular flexibility index (Phi) is 5.41. The first-order valence-electron chi connectivity index (χ1n) is 8.89. The van der Waals surface area contributed by atoms with Crippen molar-refractivity contribution in [3.05, 3.63) is 24.2 Å². The van der Waals surface area contributed by atoms with E-state index < -0.39 is 0 Å². The Balaban J connectivity index is 1.59. The fraction of sp³-hybridized carbons (Fsp3) is 0.722. The number of nitrogens with one attached hydrogen (secondary N) is 1. The first-order chi connectivity index (χ1) is 10.8. The van der Waals surface area contributed by atoms with Crippen LogP contribution < -0.4 is 5.32 Å². The predicted molar refractivity (Wildman–Crippen MR) is 90.1 cm³/mol. The van der Waals surface area contributed by atoms with Gasteiger partial charge >= 0.3 is 0 Å². The number of likely N-dealkylation sites (tertiary alicyclic amines) is 1. The van der Waals surface area contributed by atoms with Gasteiger partial charge in [0, 0.05) is 32.1 Å². The van der Waals surface area contributed by atoms with Crippen molar-refractivity contribution in [1.29, 1.82) is 0 Å². The molecule has 3 rings (SSSR count). The Bertz CT molecular complexity index is 455. The molecule has 122 valence electrons. The van der Waals surface area contributed by atoms with Crippen molar-refractivity contribution in [3.8, 4) is 0 Å². The number of furan rings is 1. The fourth-order valence-corrected chi connectivity index (χ4v) is 3.44. The number of hydrogen-bond donors (Lipinski definition) is 1. The molecule has 0 radical (unpaired) electrons. The quantitative estimate of drug-likeness (QED) is 0.684. The molecule has 1 aromatic heterocycles. The molecule has 1 aliphatic carbocycles. The molecule has 0 bridgehead atoms. The van der Waals surface area contributed by atoms with Gasteiger partial charge in [-0.25, -0.2) is 0 Å². The van der Waals surface area contributed by atoms with Gasteiger partial charge in [0.25, 0.3) is 0 Å². The zero-order valence-electron chi connectivity index (χ0n) is 13.8. The van der Waals surface area contributed by atoms with Crippen LogP contribution >= 0.6 is 0 Å². The topological polar surface area (TPSA) is 40.8 Å². The van der Waals surface area contributed by atoms with E-state index in [4.69, 9.17) is 9.41 Å². The minimum absolute atomic E-state index is 0.627. The van der Waals surface area contributed by atoms with Crippen LogP contribution in [0.4, 0.5) is 0 Å². The van der Waals surface area contributed by atoms with E-state index in [9.17, 15) is 0 Å². The van der Waals surface area contributed by atoms with Crippen LogP contribution in [0, 0.1) is 5.92 Å². The van der Waals surface area contributed by atoms with E-state index in [0.717, 1.165) is 43.7 Å². The standard InChI is InChI=1S/C18H29N3O/c1-15-9-12-21(13-10-15)18(20-16-5-2-3-6-16)19-11-8-17-7-4-14-22-17/h4,7,14-16H,2-3,5-6,8-13H2,1H3,(H,19,20). The summed E-state index contributed by atoms with van der Waals surface area (Å²) in [4.78, 5) is 7.34. The Morgan fingerprint density at radius 3 is 2.73 bits per heavy atom. The SMILES string of the molecule is CC1CCN(C(=NCCc2ccco2)NC2CCCC2)CC1. The lowest BCUT2D eigenvalue weighted by Gasteiger charge is -2.34. The largest absolute Gasteiger partial charge is 0.469 e. The molecule has 1 aliphatic heterocycles. The van der Waals surface area contributed by atoms with Gasteiger partial charge in [-0.1, -0.05) is 19.8 Å². The number of guanidine groups is 1. The molecular weight excluding hydrogens is 274 g/mol. The van der Waals surface area contributed by atoms with Gasteiger partial charge in [-0.15, -0.1) is 0 Å². The van der Waals surface area contributed by atoms with Crippen LogP contribution in [0.1, 0.15) is 51.2 Å². The maximum absolute atomic E-state index is 5.41. The molecule has 0 aromatic carbocycles. The number of rotatable bonds is 4. The summed E-state index contributed by atoms with van der Waals surface area (Å²) in [6.07, 6.45) is 10.5. The third kappa shape index (κ3) is 4.28. The molecule has 1 aromatic rings. The molecule has 0 atom stereocenters. The lowest BCUT2D eigenvalue weighted by molar-refractivity contribution is 0.270. The number of hydrogen-bond acceptors (Lipinski definition) is 2. The maximum atomic E-state index is 5.41. The third-order valence-corrected chi connectivity index (χ3v) is 4.97. The Morgan fingerprint density at radius 1 is 1.27 bits per heavy atom. The van der Waals surface area contributed by atoms with Crippen LogP contribution in [0.5, 0.6) is 0 Å². The summed E-state index contributed by atoms with van der Waals surface area (Å²) in [5.41, 5.74) is 0. The van der Waals surface area contributed by atoms with Crippen molar-refractivity contribution in [2.24, 2.45) is 10.9 Å². The van der Waals surface area contributed by atoms with E-state index in [2.05, 4.69) is 17.1 Å². The highest BCUT2D eigenvalue weighted by Gasteiger charge is 2.22. The Hall–Kier alpha value is -1.45. The zero-order valence-corrected chi connectivity index (χ0v) is 13.8. The third-order valence-electron chi connectivity index (χ3n) is 4.97. The first-order valence-corrected chi connectivity index (χ1v) is 8.89. The second-order valence-electron chi connectivity index (χ2n) is 6.83. The van der Waals surface area contributed by atoms with Crippen LogP contribution in [0.15, 0.2) is 27.8 Å². The average Bonchev–Trinajstić information content (AvgIpc) is 3.20. The normalized spacial score (nSPS) is 21.5. The highest BCUT2D eigenvalue weighted by atomic mass is 16.3. The second-order valence-corrected chi connectivity index (χ2v) is 6.83. The monoisotopic (exact) mass is 303 g/mol. The molecule has 1 saturated heterocycles. The van der Waals surface area contributed by atoms with Gasteiger partial charge in [0.05, 0.1) is 6.26 Å². The second kappa shape index (κ2) is 7.70. The Labute approximate surface area is 134 Å². The molecular formula is C18H29N3O. The fourth-order valence-electron chi connectivity index (χ4n) is 3.44. The summed E-state index contributed by atoms with van der Waals surface area (Å²) in [5.74, 6) is 3.01. The van der Waals surface area contributed by atoms with E-state index >= 15 is 0 Å². The molecule has 0 spiro atoms. The van der Waals surface area contributed by atoms with Crippen LogP contribution in [-0.2, 0) is 6.42 Å². The summed E-state index contributed by atoms with van der Waals surface area (Å²) in [6, 6.07) is 4.60. The molecule has 4 nitrogen and oxygen atoms in total.